The molecule has 13 heavy (non-hydrogen) atoms. The van der Waals surface area contributed by atoms with Crippen molar-refractivity contribution in [3.63, 3.8) is 0 Å². The van der Waals surface area contributed by atoms with Crippen LogP contribution in [0.1, 0.15) is 20.8 Å². The molecular formula is C8H14O5. The van der Waals surface area contributed by atoms with Crippen LogP contribution in [-0.2, 0) is 9.59 Å². The normalized spacial score (nSPS) is 9.54. The highest BCUT2D eigenvalue weighted by Gasteiger charge is 2.21. The fourth-order valence-corrected chi connectivity index (χ4v) is 0. The third-order valence-electron chi connectivity index (χ3n) is 0.888. The van der Waals surface area contributed by atoms with E-state index < -0.39 is 17.5 Å². The summed E-state index contributed by atoms with van der Waals surface area (Å²) in [7, 11) is 0. The number of carboxylic acids is 2. The van der Waals surface area contributed by atoms with E-state index >= 15 is 0 Å². The van der Waals surface area contributed by atoms with Gasteiger partial charge >= 0.3 is 11.9 Å². The topological polar surface area (TPSA) is 94.8 Å². The summed E-state index contributed by atoms with van der Waals surface area (Å²) >= 11 is 0. The van der Waals surface area contributed by atoms with Crippen LogP contribution >= 0.6 is 0 Å². The molecule has 0 heterocycles. The van der Waals surface area contributed by atoms with Crippen LogP contribution in [0.15, 0.2) is 12.2 Å². The van der Waals surface area contributed by atoms with Gasteiger partial charge in [-0.1, -0.05) is 6.58 Å². The number of rotatable bonds is 2. The summed E-state index contributed by atoms with van der Waals surface area (Å²) in [5.74, 6) is -2.14. The maximum Gasteiger partial charge on any atom is 0.335 e. The molecule has 0 aromatic rings. The van der Waals surface area contributed by atoms with Crippen LogP contribution in [0.25, 0.3) is 0 Å². The molecule has 5 nitrogen and oxygen atoms in total. The van der Waals surface area contributed by atoms with Crippen molar-refractivity contribution in [1.29, 1.82) is 0 Å². The molecule has 0 spiro atoms. The van der Waals surface area contributed by atoms with Gasteiger partial charge in [0.25, 0.3) is 0 Å². The van der Waals surface area contributed by atoms with E-state index in [1.807, 2.05) is 0 Å². The van der Waals surface area contributed by atoms with E-state index in [4.69, 9.17) is 15.3 Å². The maximum absolute atomic E-state index is 9.77. The Morgan fingerprint density at radius 2 is 1.38 bits per heavy atom. The van der Waals surface area contributed by atoms with Gasteiger partial charge in [0.15, 0.2) is 5.60 Å². The molecule has 3 N–H and O–H groups in total. The predicted octanol–water partition coefficient (Wildman–Crippen LogP) is 0.489. The van der Waals surface area contributed by atoms with Crippen LogP contribution in [-0.4, -0.2) is 32.9 Å². The summed E-state index contributed by atoms with van der Waals surface area (Å²) in [5, 5.41) is 24.4. The van der Waals surface area contributed by atoms with Gasteiger partial charge in [0.05, 0.1) is 0 Å². The number of aliphatic hydroxyl groups is 1. The molecule has 0 atom stereocenters. The summed E-state index contributed by atoms with van der Waals surface area (Å²) in [5.41, 5.74) is -1.41. The largest absolute Gasteiger partial charge is 0.479 e. The molecule has 0 radical (unpaired) electrons. The Balaban J connectivity index is 0. The van der Waals surface area contributed by atoms with Crippen LogP contribution < -0.4 is 0 Å². The molecule has 0 rings (SSSR count). The fourth-order valence-electron chi connectivity index (χ4n) is 0. The average Bonchev–Trinajstić information content (AvgIpc) is 1.86. The second-order valence-electron chi connectivity index (χ2n) is 2.95. The van der Waals surface area contributed by atoms with Crippen LogP contribution in [0.3, 0.4) is 0 Å². The molecule has 0 amide bonds. The van der Waals surface area contributed by atoms with Crippen LogP contribution in [0.5, 0.6) is 0 Å². The molecule has 76 valence electrons. The zero-order valence-electron chi connectivity index (χ0n) is 7.87. The Labute approximate surface area is 76.3 Å². The van der Waals surface area contributed by atoms with Crippen LogP contribution in [0.2, 0.25) is 0 Å². The van der Waals surface area contributed by atoms with Crippen molar-refractivity contribution in [2.24, 2.45) is 0 Å². The van der Waals surface area contributed by atoms with Gasteiger partial charge in [0.1, 0.15) is 0 Å². The first-order valence-corrected chi connectivity index (χ1v) is 3.43. The summed E-state index contributed by atoms with van der Waals surface area (Å²) in [6.07, 6.45) is 0. The summed E-state index contributed by atoms with van der Waals surface area (Å²) in [6, 6.07) is 0. The molecular weight excluding hydrogens is 176 g/mol. The Kier molecular flexibility index (Phi) is 5.80. The van der Waals surface area contributed by atoms with Crippen molar-refractivity contribution in [2.45, 2.75) is 26.4 Å². The van der Waals surface area contributed by atoms with Crippen LogP contribution in [0.4, 0.5) is 0 Å². The third-order valence-corrected chi connectivity index (χ3v) is 0.888. The summed E-state index contributed by atoms with van der Waals surface area (Å²) < 4.78 is 0. The third kappa shape index (κ3) is 10.6. The molecule has 5 heteroatoms. The smallest absolute Gasteiger partial charge is 0.335 e. The molecule has 0 saturated carbocycles. The van der Waals surface area contributed by atoms with E-state index in [0.29, 0.717) is 0 Å². The number of hydrogen-bond acceptors (Lipinski definition) is 3. The van der Waals surface area contributed by atoms with Gasteiger partial charge in [0, 0.05) is 5.57 Å². The van der Waals surface area contributed by atoms with E-state index in [1.54, 1.807) is 0 Å². The van der Waals surface area contributed by atoms with Gasteiger partial charge in [-0.3, -0.25) is 0 Å². The van der Waals surface area contributed by atoms with Crippen molar-refractivity contribution in [3.05, 3.63) is 12.2 Å². The van der Waals surface area contributed by atoms with Gasteiger partial charge in [-0.05, 0) is 20.8 Å². The van der Waals surface area contributed by atoms with Crippen molar-refractivity contribution in [1.82, 2.24) is 0 Å². The lowest BCUT2D eigenvalue weighted by Gasteiger charge is -2.07. The van der Waals surface area contributed by atoms with Crippen LogP contribution in [0, 0.1) is 0 Å². The first kappa shape index (κ1) is 14.2. The first-order chi connectivity index (χ1) is 5.59. The van der Waals surface area contributed by atoms with Crippen molar-refractivity contribution >= 4 is 11.9 Å². The lowest BCUT2D eigenvalue weighted by molar-refractivity contribution is -0.154. The minimum absolute atomic E-state index is 0.176. The van der Waals surface area contributed by atoms with Gasteiger partial charge < -0.3 is 15.3 Å². The molecule has 0 saturated heterocycles. The Morgan fingerprint density at radius 3 is 1.38 bits per heavy atom. The maximum atomic E-state index is 9.77. The molecule has 0 fully saturated rings. The van der Waals surface area contributed by atoms with Gasteiger partial charge in [-0.25, -0.2) is 9.59 Å². The monoisotopic (exact) mass is 190 g/mol. The summed E-state index contributed by atoms with van der Waals surface area (Å²) in [4.78, 5) is 19.4. The number of carbonyl (C=O) groups is 2. The quantitative estimate of drug-likeness (QED) is 0.551. The molecule has 0 aliphatic heterocycles. The average molecular weight is 190 g/mol. The van der Waals surface area contributed by atoms with E-state index in [2.05, 4.69) is 6.58 Å². The van der Waals surface area contributed by atoms with Crippen molar-refractivity contribution in [2.75, 3.05) is 0 Å². The molecule has 0 aliphatic rings. The predicted molar refractivity (Wildman–Crippen MR) is 46.4 cm³/mol. The van der Waals surface area contributed by atoms with Gasteiger partial charge in [-0.15, -0.1) is 0 Å². The highest BCUT2D eigenvalue weighted by Crippen LogP contribution is 1.97. The molecule has 0 aromatic heterocycles. The lowest BCUT2D eigenvalue weighted by atomic mass is 10.1. The summed E-state index contributed by atoms with van der Waals surface area (Å²) in [6.45, 7) is 7.04. The van der Waals surface area contributed by atoms with Gasteiger partial charge in [0.2, 0.25) is 0 Å². The number of aliphatic carboxylic acids is 2. The van der Waals surface area contributed by atoms with E-state index in [0.717, 1.165) is 0 Å². The first-order valence-electron chi connectivity index (χ1n) is 3.43. The van der Waals surface area contributed by atoms with E-state index in [9.17, 15) is 9.59 Å². The Morgan fingerprint density at radius 1 is 1.23 bits per heavy atom. The molecule has 0 unspecified atom stereocenters. The molecule has 0 aromatic carbocycles. The second-order valence-corrected chi connectivity index (χ2v) is 2.95. The Bertz CT molecular complexity index is 199. The number of carboxylic acid groups (broad SMARTS) is 2. The molecule has 0 bridgehead atoms. The van der Waals surface area contributed by atoms with Gasteiger partial charge in [-0.2, -0.15) is 0 Å². The highest BCUT2D eigenvalue weighted by atomic mass is 16.4. The minimum Gasteiger partial charge on any atom is -0.479 e. The molecule has 0 aliphatic carbocycles. The van der Waals surface area contributed by atoms with Crippen molar-refractivity contribution in [3.8, 4) is 0 Å². The van der Waals surface area contributed by atoms with E-state index in [-0.39, 0.29) is 5.57 Å². The highest BCUT2D eigenvalue weighted by molar-refractivity contribution is 5.84. The minimum atomic E-state index is -1.58. The zero-order valence-corrected chi connectivity index (χ0v) is 7.87. The lowest BCUT2D eigenvalue weighted by Crippen LogP contribution is -2.30. The Hall–Kier alpha value is -1.36. The zero-order chi connectivity index (χ0) is 11.2. The standard InChI is InChI=1S/C4H8O3.C4H6O2/c1-4(2,7)3(5)6;1-3(2)4(5)6/h7H,1-2H3,(H,5,6);1H2,2H3,(H,5,6). The van der Waals surface area contributed by atoms with E-state index in [1.165, 1.54) is 20.8 Å². The second kappa shape index (κ2) is 5.31. The number of hydrogen-bond donors (Lipinski definition) is 3. The SMILES string of the molecule is C=C(C)C(=O)O.CC(C)(O)C(=O)O. The fraction of sp³-hybridized carbons (Fsp3) is 0.500. The van der Waals surface area contributed by atoms with Crippen molar-refractivity contribution < 1.29 is 24.9 Å².